The maximum absolute atomic E-state index is 11.6. The summed E-state index contributed by atoms with van der Waals surface area (Å²) in [5.41, 5.74) is 2.01. The van der Waals surface area contributed by atoms with E-state index in [1.165, 1.54) is 32.4 Å². The molecular weight excluding hydrogens is 250 g/mol. The molecule has 4 nitrogen and oxygen atoms in total. The Balaban J connectivity index is 1.96. The third kappa shape index (κ3) is 3.82. The molecule has 0 aromatic heterocycles. The van der Waals surface area contributed by atoms with E-state index in [1.54, 1.807) is 25.1 Å². The fourth-order valence-corrected chi connectivity index (χ4v) is 2.60. The molecule has 0 spiro atoms. The zero-order valence-electron chi connectivity index (χ0n) is 12.0. The third-order valence-electron chi connectivity index (χ3n) is 3.72. The van der Waals surface area contributed by atoms with Crippen LogP contribution in [0.5, 0.6) is 0 Å². The van der Waals surface area contributed by atoms with Crippen molar-refractivity contribution in [1.29, 1.82) is 5.26 Å². The number of Topliss-reactive ketones (excluding diaryl/α,β-unsaturated/α-hetero) is 1. The zero-order chi connectivity index (χ0) is 14.4. The lowest BCUT2D eigenvalue weighted by molar-refractivity contribution is 0.101. The Morgan fingerprint density at radius 2 is 2.10 bits per heavy atom. The van der Waals surface area contributed by atoms with Crippen LogP contribution in [0.25, 0.3) is 0 Å². The molecule has 0 unspecified atom stereocenters. The maximum atomic E-state index is 11.6. The van der Waals surface area contributed by atoms with E-state index in [2.05, 4.69) is 16.3 Å². The highest BCUT2D eigenvalue weighted by atomic mass is 16.1. The summed E-state index contributed by atoms with van der Waals surface area (Å²) < 4.78 is 0. The number of likely N-dealkylation sites (tertiary alicyclic amines) is 1. The summed E-state index contributed by atoms with van der Waals surface area (Å²) in [5, 5.41) is 12.3. The molecule has 1 saturated heterocycles. The smallest absolute Gasteiger partial charge is 0.161 e. The molecule has 0 saturated carbocycles. The number of carbonyl (C=O) groups excluding carboxylic acids is 1. The minimum Gasteiger partial charge on any atom is -0.383 e. The Labute approximate surface area is 120 Å². The molecule has 0 atom stereocenters. The fourth-order valence-electron chi connectivity index (χ4n) is 2.60. The Hall–Kier alpha value is -1.86. The summed E-state index contributed by atoms with van der Waals surface area (Å²) in [6.45, 7) is 5.67. The van der Waals surface area contributed by atoms with Gasteiger partial charge in [-0.15, -0.1) is 0 Å². The van der Waals surface area contributed by atoms with E-state index >= 15 is 0 Å². The number of benzene rings is 1. The van der Waals surface area contributed by atoms with Gasteiger partial charge in [0, 0.05) is 24.3 Å². The lowest BCUT2D eigenvalue weighted by Gasteiger charge is -2.26. The van der Waals surface area contributed by atoms with E-state index in [-0.39, 0.29) is 5.78 Å². The van der Waals surface area contributed by atoms with Crippen LogP contribution in [0.1, 0.15) is 42.1 Å². The summed E-state index contributed by atoms with van der Waals surface area (Å²) >= 11 is 0. The molecule has 0 aliphatic carbocycles. The van der Waals surface area contributed by atoms with E-state index in [0.29, 0.717) is 11.1 Å². The number of nitrogens with one attached hydrogen (secondary N) is 1. The largest absolute Gasteiger partial charge is 0.383 e. The van der Waals surface area contributed by atoms with Crippen molar-refractivity contribution in [2.75, 3.05) is 31.5 Å². The van der Waals surface area contributed by atoms with Crippen molar-refractivity contribution in [3.05, 3.63) is 29.3 Å². The van der Waals surface area contributed by atoms with E-state index in [1.807, 2.05) is 0 Å². The molecule has 106 valence electrons. The van der Waals surface area contributed by atoms with Crippen molar-refractivity contribution < 1.29 is 4.79 Å². The van der Waals surface area contributed by atoms with Gasteiger partial charge in [0.05, 0.1) is 11.6 Å². The highest BCUT2D eigenvalue weighted by Gasteiger charge is 2.11. The molecule has 0 amide bonds. The van der Waals surface area contributed by atoms with Crippen molar-refractivity contribution in [3.63, 3.8) is 0 Å². The molecule has 0 bridgehead atoms. The van der Waals surface area contributed by atoms with Crippen LogP contribution in [0.3, 0.4) is 0 Å². The summed E-state index contributed by atoms with van der Waals surface area (Å²) in [7, 11) is 0. The lowest BCUT2D eigenvalue weighted by Crippen LogP contribution is -2.33. The van der Waals surface area contributed by atoms with E-state index in [0.717, 1.165) is 18.8 Å². The van der Waals surface area contributed by atoms with E-state index in [4.69, 9.17) is 5.26 Å². The van der Waals surface area contributed by atoms with E-state index in [9.17, 15) is 4.79 Å². The molecule has 1 fully saturated rings. The molecule has 4 heteroatoms. The second-order valence-electron chi connectivity index (χ2n) is 5.26. The standard InChI is InChI=1S/C16H21N3O/c1-13(20)15-6-5-14(12-17)11-16(15)18-7-10-19-8-3-2-4-9-19/h5-6,11,18H,2-4,7-10H2,1H3. The van der Waals surface area contributed by atoms with Gasteiger partial charge in [-0.05, 0) is 51.1 Å². The third-order valence-corrected chi connectivity index (χ3v) is 3.72. The van der Waals surface area contributed by atoms with Crippen LogP contribution in [0.4, 0.5) is 5.69 Å². The van der Waals surface area contributed by atoms with Gasteiger partial charge in [-0.25, -0.2) is 0 Å². The molecule has 1 aliphatic rings. The van der Waals surface area contributed by atoms with Crippen molar-refractivity contribution in [2.45, 2.75) is 26.2 Å². The number of rotatable bonds is 5. The minimum absolute atomic E-state index is 0.0231. The van der Waals surface area contributed by atoms with Gasteiger partial charge in [0.2, 0.25) is 0 Å². The first-order chi connectivity index (χ1) is 9.70. The molecule has 2 rings (SSSR count). The van der Waals surface area contributed by atoms with Gasteiger partial charge in [-0.3, -0.25) is 4.79 Å². The van der Waals surface area contributed by atoms with Gasteiger partial charge >= 0.3 is 0 Å². The first-order valence-electron chi connectivity index (χ1n) is 7.22. The van der Waals surface area contributed by atoms with Gasteiger partial charge in [-0.1, -0.05) is 6.42 Å². The summed E-state index contributed by atoms with van der Waals surface area (Å²) in [5.74, 6) is 0.0231. The Kier molecular flexibility index (Phi) is 5.14. The SMILES string of the molecule is CC(=O)c1ccc(C#N)cc1NCCN1CCCCC1. The van der Waals surface area contributed by atoms with Gasteiger partial charge < -0.3 is 10.2 Å². The number of piperidine rings is 1. The number of nitrogens with zero attached hydrogens (tertiary/aromatic N) is 2. The average molecular weight is 271 g/mol. The van der Waals surface area contributed by atoms with Crippen LogP contribution in [0.15, 0.2) is 18.2 Å². The van der Waals surface area contributed by atoms with Gasteiger partial charge in [0.15, 0.2) is 5.78 Å². The van der Waals surface area contributed by atoms with Gasteiger partial charge in [-0.2, -0.15) is 5.26 Å². The van der Waals surface area contributed by atoms with Crippen molar-refractivity contribution in [3.8, 4) is 6.07 Å². The van der Waals surface area contributed by atoms with Crippen LogP contribution in [-0.4, -0.2) is 36.9 Å². The topological polar surface area (TPSA) is 56.1 Å². The normalized spacial score (nSPS) is 15.6. The molecule has 0 radical (unpaired) electrons. The summed E-state index contributed by atoms with van der Waals surface area (Å²) in [4.78, 5) is 14.0. The Bertz CT molecular complexity index is 513. The Morgan fingerprint density at radius 3 is 2.75 bits per heavy atom. The van der Waals surface area contributed by atoms with Crippen LogP contribution in [0.2, 0.25) is 0 Å². The zero-order valence-corrected chi connectivity index (χ0v) is 12.0. The lowest BCUT2D eigenvalue weighted by atomic mass is 10.1. The Morgan fingerprint density at radius 1 is 1.35 bits per heavy atom. The predicted molar refractivity (Wildman–Crippen MR) is 79.9 cm³/mol. The molecule has 1 heterocycles. The quantitative estimate of drug-likeness (QED) is 0.836. The number of hydrogen-bond donors (Lipinski definition) is 1. The average Bonchev–Trinajstić information content (AvgIpc) is 2.48. The van der Waals surface area contributed by atoms with Crippen LogP contribution in [-0.2, 0) is 0 Å². The second-order valence-corrected chi connectivity index (χ2v) is 5.26. The summed E-state index contributed by atoms with van der Waals surface area (Å²) in [6.07, 6.45) is 3.90. The van der Waals surface area contributed by atoms with Crippen molar-refractivity contribution in [1.82, 2.24) is 4.90 Å². The number of ketones is 1. The van der Waals surface area contributed by atoms with Crippen LogP contribution in [0, 0.1) is 11.3 Å². The first kappa shape index (κ1) is 14.5. The summed E-state index contributed by atoms with van der Waals surface area (Å²) in [6, 6.07) is 7.28. The highest BCUT2D eigenvalue weighted by Crippen LogP contribution is 2.18. The molecule has 1 N–H and O–H groups in total. The van der Waals surface area contributed by atoms with Crippen LogP contribution >= 0.6 is 0 Å². The number of anilines is 1. The molecular formula is C16H21N3O. The van der Waals surface area contributed by atoms with Crippen LogP contribution < -0.4 is 5.32 Å². The van der Waals surface area contributed by atoms with Crippen molar-refractivity contribution >= 4 is 11.5 Å². The minimum atomic E-state index is 0.0231. The van der Waals surface area contributed by atoms with Gasteiger partial charge in [0.1, 0.15) is 0 Å². The number of nitriles is 1. The molecule has 1 aromatic rings. The molecule has 20 heavy (non-hydrogen) atoms. The first-order valence-corrected chi connectivity index (χ1v) is 7.22. The fraction of sp³-hybridized carbons (Fsp3) is 0.500. The van der Waals surface area contributed by atoms with Gasteiger partial charge in [0.25, 0.3) is 0 Å². The monoisotopic (exact) mass is 271 g/mol. The molecule has 1 aliphatic heterocycles. The maximum Gasteiger partial charge on any atom is 0.161 e. The highest BCUT2D eigenvalue weighted by molar-refractivity contribution is 5.99. The van der Waals surface area contributed by atoms with E-state index < -0.39 is 0 Å². The number of hydrogen-bond acceptors (Lipinski definition) is 4. The number of carbonyl (C=O) groups is 1. The molecule has 1 aromatic carbocycles. The van der Waals surface area contributed by atoms with Crippen molar-refractivity contribution in [2.24, 2.45) is 0 Å². The predicted octanol–water partition coefficient (Wildman–Crippen LogP) is 2.66. The second kappa shape index (κ2) is 7.06.